The number of nitrogens with one attached hydrogen (secondary N) is 3. The highest BCUT2D eigenvalue weighted by Gasteiger charge is 2.14. The van der Waals surface area contributed by atoms with Crippen LogP contribution in [0.4, 0.5) is 5.69 Å². The highest BCUT2D eigenvalue weighted by Crippen LogP contribution is 2.36. The number of likely N-dealkylation sites (N-methyl/N-ethyl adjacent to an activating group) is 1. The Kier molecular flexibility index (Phi) is 8.40. The molecule has 0 radical (unpaired) electrons. The number of rotatable bonds is 10. The third-order valence-electron chi connectivity index (χ3n) is 5.53. The van der Waals surface area contributed by atoms with E-state index in [4.69, 9.17) is 9.47 Å². The van der Waals surface area contributed by atoms with Crippen LogP contribution in [0.2, 0.25) is 0 Å². The summed E-state index contributed by atoms with van der Waals surface area (Å²) in [5.41, 5.74) is 1.79. The number of dihydropyridines is 1. The fourth-order valence-electron chi connectivity index (χ4n) is 3.69. The predicted molar refractivity (Wildman–Crippen MR) is 145 cm³/mol. The molecule has 2 aromatic carbocycles. The first kappa shape index (κ1) is 25.7. The van der Waals surface area contributed by atoms with Gasteiger partial charge in [-0.05, 0) is 74.9 Å². The molecule has 0 bridgehead atoms. The van der Waals surface area contributed by atoms with Crippen molar-refractivity contribution >= 4 is 22.5 Å². The van der Waals surface area contributed by atoms with Gasteiger partial charge in [0.05, 0.1) is 18.3 Å². The summed E-state index contributed by atoms with van der Waals surface area (Å²) in [6, 6.07) is 12.3. The van der Waals surface area contributed by atoms with E-state index in [2.05, 4.69) is 20.9 Å². The van der Waals surface area contributed by atoms with Crippen LogP contribution in [0.3, 0.4) is 0 Å². The normalized spacial score (nSPS) is 15.5. The van der Waals surface area contributed by atoms with Crippen LogP contribution in [-0.2, 0) is 0 Å². The lowest BCUT2D eigenvalue weighted by atomic mass is 10.1. The molecule has 0 saturated heterocycles. The van der Waals surface area contributed by atoms with Crippen molar-refractivity contribution in [2.45, 2.75) is 12.4 Å². The maximum absolute atomic E-state index is 12.5. The number of amides is 1. The number of aliphatic hydroxyl groups is 1. The topological polar surface area (TPSA) is 108 Å². The summed E-state index contributed by atoms with van der Waals surface area (Å²) in [5, 5.41) is 20.2. The van der Waals surface area contributed by atoms with Gasteiger partial charge < -0.3 is 35.4 Å². The molecule has 0 spiro atoms. The van der Waals surface area contributed by atoms with Crippen LogP contribution in [-0.4, -0.2) is 61.0 Å². The van der Waals surface area contributed by atoms with E-state index in [0.717, 1.165) is 5.39 Å². The van der Waals surface area contributed by atoms with Gasteiger partial charge in [0.2, 0.25) is 0 Å². The number of benzene rings is 2. The van der Waals surface area contributed by atoms with Crippen LogP contribution in [0, 0.1) is 0 Å². The van der Waals surface area contributed by atoms with Gasteiger partial charge in [-0.3, -0.25) is 9.78 Å². The Labute approximate surface area is 216 Å². The Balaban J connectivity index is 1.51. The van der Waals surface area contributed by atoms with Gasteiger partial charge >= 0.3 is 0 Å². The molecular formula is C28H31N5O4. The Morgan fingerprint density at radius 3 is 2.70 bits per heavy atom. The van der Waals surface area contributed by atoms with Gasteiger partial charge in [0, 0.05) is 29.8 Å². The summed E-state index contributed by atoms with van der Waals surface area (Å²) >= 11 is 0. The van der Waals surface area contributed by atoms with Crippen LogP contribution < -0.4 is 25.4 Å². The number of hydrogen-bond donors (Lipinski definition) is 4. The molecule has 2 atom stereocenters. The first-order chi connectivity index (χ1) is 17.9. The predicted octanol–water partition coefficient (Wildman–Crippen LogP) is 3.61. The molecule has 1 aromatic heterocycles. The van der Waals surface area contributed by atoms with Gasteiger partial charge in [0.1, 0.15) is 29.6 Å². The number of nitrogens with zero attached hydrogens (tertiary/aromatic N) is 2. The van der Waals surface area contributed by atoms with E-state index in [9.17, 15) is 9.90 Å². The van der Waals surface area contributed by atoms with E-state index < -0.39 is 6.23 Å². The molecule has 0 aliphatic carbocycles. The molecule has 0 saturated carbocycles. The largest absolute Gasteiger partial charge is 0.495 e. The van der Waals surface area contributed by atoms with Crippen molar-refractivity contribution < 1.29 is 19.4 Å². The zero-order valence-electron chi connectivity index (χ0n) is 21.0. The number of aliphatic hydroxyl groups excluding tert-OH is 1. The van der Waals surface area contributed by atoms with Crippen molar-refractivity contribution in [2.24, 2.45) is 0 Å². The van der Waals surface area contributed by atoms with Gasteiger partial charge in [-0.1, -0.05) is 12.2 Å². The molecule has 0 fully saturated rings. The van der Waals surface area contributed by atoms with E-state index >= 15 is 0 Å². The number of hydrogen-bond acceptors (Lipinski definition) is 8. The van der Waals surface area contributed by atoms with Crippen molar-refractivity contribution in [3.63, 3.8) is 0 Å². The minimum absolute atomic E-state index is 0.195. The molecule has 1 aliphatic rings. The van der Waals surface area contributed by atoms with Gasteiger partial charge in [0.25, 0.3) is 5.91 Å². The lowest BCUT2D eigenvalue weighted by Crippen LogP contribution is -2.42. The van der Waals surface area contributed by atoms with E-state index in [-0.39, 0.29) is 12.1 Å². The monoisotopic (exact) mass is 501 g/mol. The van der Waals surface area contributed by atoms with E-state index in [0.29, 0.717) is 40.6 Å². The highest BCUT2D eigenvalue weighted by atomic mass is 16.5. The molecule has 3 aromatic rings. The van der Waals surface area contributed by atoms with Gasteiger partial charge in [-0.25, -0.2) is 0 Å². The molecule has 4 N–H and O–H groups in total. The summed E-state index contributed by atoms with van der Waals surface area (Å²) < 4.78 is 11.7. The lowest BCUT2D eigenvalue weighted by Gasteiger charge is -2.17. The summed E-state index contributed by atoms with van der Waals surface area (Å²) in [6.45, 7) is 0.710. The van der Waals surface area contributed by atoms with Crippen LogP contribution in [0.25, 0.3) is 10.9 Å². The number of aromatic nitrogens is 1. The lowest BCUT2D eigenvalue weighted by molar-refractivity contribution is 0.0941. The van der Waals surface area contributed by atoms with Gasteiger partial charge in [-0.15, -0.1) is 0 Å². The number of anilines is 1. The minimum Gasteiger partial charge on any atom is -0.495 e. The second-order valence-corrected chi connectivity index (χ2v) is 8.65. The molecule has 37 heavy (non-hydrogen) atoms. The van der Waals surface area contributed by atoms with Crippen LogP contribution in [0.15, 0.2) is 85.2 Å². The standard InChI is InChI=1S/C28H31N5O4/c1-33(2)16-6-8-27(34)31-23-17-21-22(18-25(23)36-3)29-15-13-24(21)37-20-11-9-19(10-12-20)28(35)32-26-7-4-5-14-30-26/h4-15,17-18,26-27,30-31,34H,16H2,1-3H3,(H,32,35)/b8-6+. The molecule has 192 valence electrons. The van der Waals surface area contributed by atoms with Gasteiger partial charge in [0.15, 0.2) is 0 Å². The maximum atomic E-state index is 12.5. The Morgan fingerprint density at radius 2 is 2.00 bits per heavy atom. The number of pyridine rings is 1. The Bertz CT molecular complexity index is 1320. The Hall–Kier alpha value is -4.34. The van der Waals surface area contributed by atoms with Crippen LogP contribution in [0.1, 0.15) is 10.4 Å². The maximum Gasteiger partial charge on any atom is 0.253 e. The number of carbonyl (C=O) groups excluding carboxylic acids is 1. The first-order valence-electron chi connectivity index (χ1n) is 11.8. The SMILES string of the molecule is COc1cc2nccc(Oc3ccc(C(=O)NC4C=CC=CN4)cc3)c2cc1NC(O)/C=C/CN(C)C. The molecule has 2 unspecified atom stereocenters. The van der Waals surface area contributed by atoms with Crippen molar-refractivity contribution in [3.8, 4) is 17.2 Å². The number of methoxy groups -OCH3 is 1. The summed E-state index contributed by atoms with van der Waals surface area (Å²) in [6.07, 6.45) is 11.4. The molecule has 4 rings (SSSR count). The van der Waals surface area contributed by atoms with Crippen molar-refractivity contribution in [2.75, 3.05) is 33.1 Å². The average molecular weight is 502 g/mol. The fraction of sp³-hybridized carbons (Fsp3) is 0.214. The number of fused-ring (bicyclic) bond motifs is 1. The molecule has 2 heterocycles. The number of ether oxygens (including phenoxy) is 2. The molecular weight excluding hydrogens is 470 g/mol. The van der Waals surface area contributed by atoms with Crippen molar-refractivity contribution in [1.29, 1.82) is 0 Å². The van der Waals surface area contributed by atoms with E-state index in [1.165, 1.54) is 0 Å². The summed E-state index contributed by atoms with van der Waals surface area (Å²) in [4.78, 5) is 19.0. The third kappa shape index (κ3) is 6.87. The minimum atomic E-state index is -0.902. The molecule has 9 heteroatoms. The fourth-order valence-corrected chi connectivity index (χ4v) is 3.69. The first-order valence-corrected chi connectivity index (χ1v) is 11.8. The highest BCUT2D eigenvalue weighted by molar-refractivity contribution is 5.94. The van der Waals surface area contributed by atoms with E-state index in [1.54, 1.807) is 62.0 Å². The third-order valence-corrected chi connectivity index (χ3v) is 5.53. The van der Waals surface area contributed by atoms with Crippen molar-refractivity contribution in [3.05, 3.63) is 90.8 Å². The number of allylic oxidation sites excluding steroid dienone is 2. The van der Waals surface area contributed by atoms with E-state index in [1.807, 2.05) is 49.4 Å². The number of carbonyl (C=O) groups is 1. The van der Waals surface area contributed by atoms with Gasteiger partial charge in [-0.2, -0.15) is 0 Å². The summed E-state index contributed by atoms with van der Waals surface area (Å²) in [5.74, 6) is 1.50. The zero-order chi connectivity index (χ0) is 26.2. The van der Waals surface area contributed by atoms with Crippen LogP contribution >= 0.6 is 0 Å². The van der Waals surface area contributed by atoms with Crippen molar-refractivity contribution in [1.82, 2.24) is 20.5 Å². The Morgan fingerprint density at radius 1 is 1.19 bits per heavy atom. The zero-order valence-corrected chi connectivity index (χ0v) is 21.0. The smallest absolute Gasteiger partial charge is 0.253 e. The molecule has 9 nitrogen and oxygen atoms in total. The van der Waals surface area contributed by atoms with Crippen LogP contribution in [0.5, 0.6) is 17.2 Å². The molecule has 1 amide bonds. The second kappa shape index (κ2) is 12.1. The average Bonchev–Trinajstić information content (AvgIpc) is 2.89. The summed E-state index contributed by atoms with van der Waals surface area (Å²) in [7, 11) is 5.48. The molecule has 1 aliphatic heterocycles. The quantitative estimate of drug-likeness (QED) is 0.247. The second-order valence-electron chi connectivity index (χ2n) is 8.65.